The summed E-state index contributed by atoms with van der Waals surface area (Å²) in [5, 5.41) is 9.23. The van der Waals surface area contributed by atoms with Gasteiger partial charge in [0.05, 0.1) is 5.02 Å². The molecule has 0 amide bonds. The van der Waals surface area contributed by atoms with Crippen LogP contribution in [0.1, 0.15) is 11.3 Å². The SMILES string of the molecule is Cc1ccc(Oc2cc3c(cc2Cl)C=CC(C(=O)O)(C(F)(F)F)O3)c(I)n1. The predicted molar refractivity (Wildman–Crippen MR) is 99.3 cm³/mol. The number of hydrogen-bond donors (Lipinski definition) is 1. The quantitative estimate of drug-likeness (QED) is 0.451. The second kappa shape index (κ2) is 6.86. The normalized spacial score (nSPS) is 18.6. The van der Waals surface area contributed by atoms with Gasteiger partial charge in [-0.05, 0) is 53.8 Å². The fourth-order valence-corrected chi connectivity index (χ4v) is 3.24. The average molecular weight is 512 g/mol. The Labute approximate surface area is 169 Å². The first-order valence-corrected chi connectivity index (χ1v) is 8.82. The van der Waals surface area contributed by atoms with Crippen LogP contribution in [0.25, 0.3) is 6.08 Å². The zero-order chi connectivity index (χ0) is 20.0. The number of nitrogens with zero attached hydrogens (tertiary/aromatic N) is 1. The van der Waals surface area contributed by atoms with E-state index in [0.717, 1.165) is 17.8 Å². The van der Waals surface area contributed by atoms with Crippen LogP contribution in [-0.2, 0) is 4.79 Å². The van der Waals surface area contributed by atoms with Gasteiger partial charge in [0.2, 0.25) is 0 Å². The third-order valence-corrected chi connectivity index (χ3v) is 4.81. The number of aromatic nitrogens is 1. The Hall–Kier alpha value is -2.01. The van der Waals surface area contributed by atoms with Crippen molar-refractivity contribution in [2.24, 2.45) is 0 Å². The maximum Gasteiger partial charge on any atom is 0.443 e. The van der Waals surface area contributed by atoms with Crippen molar-refractivity contribution in [2.45, 2.75) is 18.7 Å². The van der Waals surface area contributed by atoms with E-state index in [1.165, 1.54) is 6.07 Å². The number of benzene rings is 1. The van der Waals surface area contributed by atoms with Crippen LogP contribution in [0.2, 0.25) is 5.02 Å². The molecule has 1 atom stereocenters. The maximum absolute atomic E-state index is 13.3. The minimum atomic E-state index is -5.16. The number of hydrogen-bond acceptors (Lipinski definition) is 4. The van der Waals surface area contributed by atoms with Crippen molar-refractivity contribution in [3.05, 3.63) is 50.3 Å². The highest BCUT2D eigenvalue weighted by molar-refractivity contribution is 14.1. The summed E-state index contributed by atoms with van der Waals surface area (Å²) in [5.74, 6) is -2.14. The third-order valence-electron chi connectivity index (χ3n) is 3.75. The molecule has 0 bridgehead atoms. The maximum atomic E-state index is 13.3. The van der Waals surface area contributed by atoms with E-state index in [2.05, 4.69) is 4.98 Å². The van der Waals surface area contributed by atoms with E-state index in [9.17, 15) is 18.0 Å². The number of alkyl halides is 3. The van der Waals surface area contributed by atoms with Gasteiger partial charge in [0.1, 0.15) is 15.2 Å². The van der Waals surface area contributed by atoms with Crippen LogP contribution in [0.5, 0.6) is 17.2 Å². The van der Waals surface area contributed by atoms with Crippen molar-refractivity contribution < 1.29 is 32.5 Å². The second-order valence-electron chi connectivity index (χ2n) is 5.64. The molecule has 1 aromatic heterocycles. The van der Waals surface area contributed by atoms with Crippen molar-refractivity contribution in [1.82, 2.24) is 4.98 Å². The lowest BCUT2D eigenvalue weighted by Crippen LogP contribution is -2.56. The van der Waals surface area contributed by atoms with Gasteiger partial charge < -0.3 is 14.6 Å². The lowest BCUT2D eigenvalue weighted by Gasteiger charge is -2.32. The molecule has 10 heteroatoms. The molecule has 27 heavy (non-hydrogen) atoms. The topological polar surface area (TPSA) is 68.7 Å². The lowest BCUT2D eigenvalue weighted by atomic mass is 9.97. The van der Waals surface area contributed by atoms with Crippen molar-refractivity contribution in [3.63, 3.8) is 0 Å². The molecule has 5 nitrogen and oxygen atoms in total. The molecule has 2 heterocycles. The summed E-state index contributed by atoms with van der Waals surface area (Å²) in [6.45, 7) is 1.79. The minimum Gasteiger partial charge on any atom is -0.478 e. The number of rotatable bonds is 3. The van der Waals surface area contributed by atoms with Gasteiger partial charge in [0.15, 0.2) is 5.75 Å². The fourth-order valence-electron chi connectivity index (χ4n) is 2.36. The van der Waals surface area contributed by atoms with Gasteiger partial charge >= 0.3 is 17.7 Å². The number of carboxylic acid groups (broad SMARTS) is 1. The molecule has 0 saturated carbocycles. The van der Waals surface area contributed by atoms with Gasteiger partial charge in [-0.25, -0.2) is 9.78 Å². The predicted octanol–water partition coefficient (Wildman–Crippen LogP) is 5.23. The summed E-state index contributed by atoms with van der Waals surface area (Å²) >= 11 is 8.09. The summed E-state index contributed by atoms with van der Waals surface area (Å²) in [6, 6.07) is 5.79. The minimum absolute atomic E-state index is 0.00995. The van der Waals surface area contributed by atoms with Crippen LogP contribution in [0, 0.1) is 10.6 Å². The highest BCUT2D eigenvalue weighted by Crippen LogP contribution is 2.45. The molecule has 0 aliphatic carbocycles. The van der Waals surface area contributed by atoms with Crippen molar-refractivity contribution >= 4 is 46.2 Å². The van der Waals surface area contributed by atoms with E-state index in [1.807, 2.05) is 22.6 Å². The Balaban J connectivity index is 2.02. The van der Waals surface area contributed by atoms with Gasteiger partial charge in [0.25, 0.3) is 0 Å². The smallest absolute Gasteiger partial charge is 0.443 e. The standard InChI is InChI=1S/C17H10ClF3INO4/c1-8-2-3-11(14(22)23-8)26-13-7-12-9(6-10(13)18)4-5-16(27-12,15(24)25)17(19,20)21/h2-7H,1H3,(H,24,25). The molecule has 0 fully saturated rings. The summed E-state index contributed by atoms with van der Waals surface area (Å²) in [6.07, 6.45) is -3.71. The number of carboxylic acids is 1. The summed E-state index contributed by atoms with van der Waals surface area (Å²) in [4.78, 5) is 15.5. The van der Waals surface area contributed by atoms with Crippen LogP contribution in [0.4, 0.5) is 13.2 Å². The van der Waals surface area contributed by atoms with Crippen molar-refractivity contribution in [2.75, 3.05) is 0 Å². The van der Waals surface area contributed by atoms with Crippen LogP contribution in [0.3, 0.4) is 0 Å². The summed E-state index contributed by atoms with van der Waals surface area (Å²) in [5.41, 5.74) is -2.52. The molecule has 2 aromatic rings. The van der Waals surface area contributed by atoms with Crippen LogP contribution in [0.15, 0.2) is 30.3 Å². The number of pyridine rings is 1. The number of halogens is 5. The number of ether oxygens (including phenoxy) is 2. The first kappa shape index (κ1) is 19.7. The molecule has 142 valence electrons. The first-order chi connectivity index (χ1) is 12.5. The first-order valence-electron chi connectivity index (χ1n) is 7.36. The Bertz CT molecular complexity index is 964. The molecule has 0 saturated heterocycles. The molecule has 0 radical (unpaired) electrons. The molecular weight excluding hydrogens is 502 g/mol. The fraction of sp³-hybridized carbons (Fsp3) is 0.176. The number of aliphatic carboxylic acids is 1. The van der Waals surface area contributed by atoms with E-state index in [0.29, 0.717) is 15.5 Å². The van der Waals surface area contributed by atoms with Gasteiger partial charge in [-0.2, -0.15) is 13.2 Å². The monoisotopic (exact) mass is 511 g/mol. The Kier molecular flexibility index (Phi) is 5.02. The van der Waals surface area contributed by atoms with E-state index < -0.39 is 17.7 Å². The zero-order valence-electron chi connectivity index (χ0n) is 13.5. The van der Waals surface area contributed by atoms with Gasteiger partial charge in [-0.3, -0.25) is 0 Å². The molecule has 1 aliphatic heterocycles. The molecular formula is C17H10ClF3INO4. The highest BCUT2D eigenvalue weighted by Gasteiger charge is 2.63. The summed E-state index contributed by atoms with van der Waals surface area (Å²) in [7, 11) is 0. The van der Waals surface area contributed by atoms with Crippen molar-refractivity contribution in [3.8, 4) is 17.2 Å². The van der Waals surface area contributed by atoms with Crippen LogP contribution in [-0.4, -0.2) is 27.8 Å². The van der Waals surface area contributed by atoms with E-state index >= 15 is 0 Å². The molecule has 3 rings (SSSR count). The summed E-state index contributed by atoms with van der Waals surface area (Å²) < 4.78 is 51.0. The van der Waals surface area contributed by atoms with E-state index in [-0.39, 0.29) is 22.1 Å². The largest absolute Gasteiger partial charge is 0.478 e. The molecule has 1 unspecified atom stereocenters. The molecule has 1 aromatic carbocycles. The van der Waals surface area contributed by atoms with Crippen molar-refractivity contribution in [1.29, 1.82) is 0 Å². The average Bonchev–Trinajstić information content (AvgIpc) is 2.56. The number of carbonyl (C=O) groups is 1. The van der Waals surface area contributed by atoms with E-state index in [1.54, 1.807) is 19.1 Å². The number of aryl methyl sites for hydroxylation is 1. The zero-order valence-corrected chi connectivity index (χ0v) is 16.4. The van der Waals surface area contributed by atoms with Gasteiger partial charge in [0, 0.05) is 17.3 Å². The Morgan fingerprint density at radius 3 is 2.63 bits per heavy atom. The number of fused-ring (bicyclic) bond motifs is 1. The second-order valence-corrected chi connectivity index (χ2v) is 7.07. The Morgan fingerprint density at radius 2 is 2.04 bits per heavy atom. The van der Waals surface area contributed by atoms with Gasteiger partial charge in [-0.15, -0.1) is 0 Å². The highest BCUT2D eigenvalue weighted by atomic mass is 127. The third kappa shape index (κ3) is 3.57. The van der Waals surface area contributed by atoms with E-state index in [4.69, 9.17) is 26.2 Å². The van der Waals surface area contributed by atoms with Gasteiger partial charge in [-0.1, -0.05) is 17.7 Å². The lowest BCUT2D eigenvalue weighted by molar-refractivity contribution is -0.235. The molecule has 1 N–H and O–H groups in total. The van der Waals surface area contributed by atoms with Crippen LogP contribution < -0.4 is 9.47 Å². The molecule has 1 aliphatic rings. The van der Waals surface area contributed by atoms with Crippen LogP contribution >= 0.6 is 34.2 Å². The molecule has 0 spiro atoms. The Morgan fingerprint density at radius 1 is 1.33 bits per heavy atom.